The van der Waals surface area contributed by atoms with Gasteiger partial charge in [-0.25, -0.2) is 0 Å². The third-order valence-electron chi connectivity index (χ3n) is 3.47. The van der Waals surface area contributed by atoms with Crippen molar-refractivity contribution in [1.82, 2.24) is 5.32 Å². The summed E-state index contributed by atoms with van der Waals surface area (Å²) < 4.78 is 0. The quantitative estimate of drug-likeness (QED) is 0.661. The van der Waals surface area contributed by atoms with Crippen molar-refractivity contribution in [2.75, 3.05) is 0 Å². The van der Waals surface area contributed by atoms with Gasteiger partial charge in [0.1, 0.15) is 0 Å². The molecule has 1 heterocycles. The molecular weight excluding hydrogens is 236 g/mol. The molecule has 5 heteroatoms. The van der Waals surface area contributed by atoms with Crippen LogP contribution in [0.15, 0.2) is 12.1 Å². The SMILES string of the molecule is CC1(NCc2ccc([N+](=O)[O-])s2)CCCCC1. The lowest BCUT2D eigenvalue weighted by molar-refractivity contribution is -0.380. The second-order valence-electron chi connectivity index (χ2n) is 4.97. The number of nitrogens with zero attached hydrogens (tertiary/aromatic N) is 1. The van der Waals surface area contributed by atoms with E-state index >= 15 is 0 Å². The lowest BCUT2D eigenvalue weighted by Crippen LogP contribution is -2.43. The van der Waals surface area contributed by atoms with Crippen molar-refractivity contribution in [3.8, 4) is 0 Å². The monoisotopic (exact) mass is 254 g/mol. The molecule has 17 heavy (non-hydrogen) atoms. The third kappa shape index (κ3) is 3.26. The topological polar surface area (TPSA) is 55.2 Å². The van der Waals surface area contributed by atoms with Crippen LogP contribution in [0.3, 0.4) is 0 Å². The first kappa shape index (κ1) is 12.5. The molecule has 0 bridgehead atoms. The normalized spacial score (nSPS) is 19.1. The Kier molecular flexibility index (Phi) is 3.79. The van der Waals surface area contributed by atoms with Gasteiger partial charge in [-0.2, -0.15) is 0 Å². The molecule has 0 aromatic carbocycles. The van der Waals surface area contributed by atoms with Gasteiger partial charge in [0.2, 0.25) is 0 Å². The minimum atomic E-state index is -0.323. The van der Waals surface area contributed by atoms with Crippen LogP contribution in [0.5, 0.6) is 0 Å². The van der Waals surface area contributed by atoms with Crippen molar-refractivity contribution in [1.29, 1.82) is 0 Å². The van der Waals surface area contributed by atoms with Gasteiger partial charge in [-0.3, -0.25) is 10.1 Å². The van der Waals surface area contributed by atoms with Crippen molar-refractivity contribution in [3.63, 3.8) is 0 Å². The highest BCUT2D eigenvalue weighted by Crippen LogP contribution is 2.29. The Labute approximate surface area is 105 Å². The van der Waals surface area contributed by atoms with Gasteiger partial charge in [-0.1, -0.05) is 30.6 Å². The maximum atomic E-state index is 10.6. The zero-order valence-electron chi connectivity index (χ0n) is 10.1. The van der Waals surface area contributed by atoms with Crippen LogP contribution in [-0.2, 0) is 6.54 Å². The van der Waals surface area contributed by atoms with E-state index in [9.17, 15) is 10.1 Å². The van der Waals surface area contributed by atoms with E-state index in [-0.39, 0.29) is 15.5 Å². The fourth-order valence-corrected chi connectivity index (χ4v) is 3.13. The van der Waals surface area contributed by atoms with Gasteiger partial charge in [0.15, 0.2) is 0 Å². The van der Waals surface area contributed by atoms with Gasteiger partial charge >= 0.3 is 5.00 Å². The molecule has 1 N–H and O–H groups in total. The van der Waals surface area contributed by atoms with Crippen LogP contribution < -0.4 is 5.32 Å². The molecule has 0 unspecified atom stereocenters. The first-order valence-electron chi connectivity index (χ1n) is 6.07. The first-order chi connectivity index (χ1) is 8.09. The predicted molar refractivity (Wildman–Crippen MR) is 69.3 cm³/mol. The molecule has 0 spiro atoms. The van der Waals surface area contributed by atoms with E-state index in [4.69, 9.17) is 0 Å². The van der Waals surface area contributed by atoms with E-state index in [1.807, 2.05) is 6.07 Å². The van der Waals surface area contributed by atoms with Gasteiger partial charge in [-0.15, -0.1) is 0 Å². The Morgan fingerprint density at radius 3 is 2.71 bits per heavy atom. The highest BCUT2D eigenvalue weighted by molar-refractivity contribution is 7.15. The minimum Gasteiger partial charge on any atom is -0.307 e. The molecule has 1 fully saturated rings. The minimum absolute atomic E-state index is 0.219. The number of nitrogens with one attached hydrogen (secondary N) is 1. The van der Waals surface area contributed by atoms with Gasteiger partial charge < -0.3 is 5.32 Å². The number of thiophene rings is 1. The fraction of sp³-hybridized carbons (Fsp3) is 0.667. The van der Waals surface area contributed by atoms with Gasteiger partial charge in [0.25, 0.3) is 0 Å². The fourth-order valence-electron chi connectivity index (χ4n) is 2.37. The highest BCUT2D eigenvalue weighted by Gasteiger charge is 2.26. The first-order valence-corrected chi connectivity index (χ1v) is 6.89. The van der Waals surface area contributed by atoms with E-state index in [1.165, 1.54) is 43.4 Å². The summed E-state index contributed by atoms with van der Waals surface area (Å²) in [6.45, 7) is 3.00. The smallest absolute Gasteiger partial charge is 0.307 e. The van der Waals surface area contributed by atoms with Crippen LogP contribution in [0.2, 0.25) is 0 Å². The van der Waals surface area contributed by atoms with Gasteiger partial charge in [0, 0.05) is 23.0 Å². The number of rotatable bonds is 4. The van der Waals surface area contributed by atoms with E-state index in [2.05, 4.69) is 12.2 Å². The second kappa shape index (κ2) is 5.14. The predicted octanol–water partition coefficient (Wildman–Crippen LogP) is 3.47. The van der Waals surface area contributed by atoms with Crippen LogP contribution in [-0.4, -0.2) is 10.5 Å². The number of nitro groups is 1. The highest BCUT2D eigenvalue weighted by atomic mass is 32.1. The summed E-state index contributed by atoms with van der Waals surface area (Å²) in [4.78, 5) is 11.3. The van der Waals surface area contributed by atoms with Crippen LogP contribution in [0, 0.1) is 10.1 Å². The molecule has 0 atom stereocenters. The molecule has 0 amide bonds. The molecule has 2 rings (SSSR count). The Morgan fingerprint density at radius 2 is 2.12 bits per heavy atom. The molecule has 1 saturated carbocycles. The summed E-state index contributed by atoms with van der Waals surface area (Å²) in [7, 11) is 0. The molecule has 94 valence electrons. The molecule has 0 radical (unpaired) electrons. The van der Waals surface area contributed by atoms with Crippen molar-refractivity contribution in [3.05, 3.63) is 27.1 Å². The summed E-state index contributed by atoms with van der Waals surface area (Å²) in [6, 6.07) is 3.44. The van der Waals surface area contributed by atoms with E-state index in [0.29, 0.717) is 0 Å². The summed E-state index contributed by atoms with van der Waals surface area (Å²) >= 11 is 1.27. The van der Waals surface area contributed by atoms with Crippen molar-refractivity contribution < 1.29 is 4.92 Å². The van der Waals surface area contributed by atoms with Crippen molar-refractivity contribution in [2.45, 2.75) is 51.1 Å². The zero-order valence-corrected chi connectivity index (χ0v) is 10.9. The molecule has 0 aliphatic heterocycles. The molecule has 0 saturated heterocycles. The molecular formula is C12H18N2O2S. The summed E-state index contributed by atoms with van der Waals surface area (Å²) in [6.07, 6.45) is 6.32. The lowest BCUT2D eigenvalue weighted by atomic mass is 9.83. The Morgan fingerprint density at radius 1 is 1.41 bits per heavy atom. The lowest BCUT2D eigenvalue weighted by Gasteiger charge is -2.34. The number of hydrogen-bond acceptors (Lipinski definition) is 4. The van der Waals surface area contributed by atoms with E-state index in [0.717, 1.165) is 11.4 Å². The van der Waals surface area contributed by atoms with Gasteiger partial charge in [-0.05, 0) is 25.8 Å². The van der Waals surface area contributed by atoms with Crippen LogP contribution in [0.25, 0.3) is 0 Å². The second-order valence-corrected chi connectivity index (χ2v) is 6.12. The zero-order chi connectivity index (χ0) is 12.3. The van der Waals surface area contributed by atoms with Crippen LogP contribution >= 0.6 is 11.3 Å². The Hall–Kier alpha value is -0.940. The van der Waals surface area contributed by atoms with Gasteiger partial charge in [0.05, 0.1) is 4.92 Å². The molecule has 1 aromatic heterocycles. The molecule has 1 aliphatic carbocycles. The maximum absolute atomic E-state index is 10.6. The molecule has 1 aliphatic rings. The molecule has 4 nitrogen and oxygen atoms in total. The maximum Gasteiger partial charge on any atom is 0.324 e. The standard InChI is InChI=1S/C12H18N2O2S/c1-12(7-3-2-4-8-12)13-9-10-5-6-11(17-10)14(15)16/h5-6,13H,2-4,7-9H2,1H3. The largest absolute Gasteiger partial charge is 0.324 e. The number of hydrogen-bond donors (Lipinski definition) is 1. The Bertz CT molecular complexity index is 397. The molecule has 1 aromatic rings. The summed E-state index contributed by atoms with van der Waals surface area (Å²) in [5.41, 5.74) is 0.219. The van der Waals surface area contributed by atoms with Crippen LogP contribution in [0.1, 0.15) is 43.9 Å². The average molecular weight is 254 g/mol. The summed E-state index contributed by atoms with van der Waals surface area (Å²) in [5, 5.41) is 14.4. The average Bonchev–Trinajstić information content (AvgIpc) is 2.76. The van der Waals surface area contributed by atoms with E-state index < -0.39 is 0 Å². The van der Waals surface area contributed by atoms with Crippen LogP contribution in [0.4, 0.5) is 5.00 Å². The van der Waals surface area contributed by atoms with Crippen molar-refractivity contribution in [2.24, 2.45) is 0 Å². The summed E-state index contributed by atoms with van der Waals surface area (Å²) in [5.74, 6) is 0. The third-order valence-corrected chi connectivity index (χ3v) is 4.51. The van der Waals surface area contributed by atoms with Crippen molar-refractivity contribution >= 4 is 16.3 Å². The Balaban J connectivity index is 1.90. The van der Waals surface area contributed by atoms with E-state index in [1.54, 1.807) is 6.07 Å².